The monoisotopic (exact) mass is 228 g/mol. The number of hydroxylamine groups is 2. The lowest BCUT2D eigenvalue weighted by atomic mass is 9.96. The Morgan fingerprint density at radius 3 is 2.56 bits per heavy atom. The number of nitrogens with zero attached hydrogens (tertiary/aromatic N) is 1. The van der Waals surface area contributed by atoms with Gasteiger partial charge in [-0.05, 0) is 40.0 Å². The fraction of sp³-hybridized carbons (Fsp3) is 1.00. The Morgan fingerprint density at radius 1 is 1.38 bits per heavy atom. The average Bonchev–Trinajstić information content (AvgIpc) is 3.01. The molecule has 2 rings (SSSR count). The number of epoxide rings is 1. The summed E-state index contributed by atoms with van der Waals surface area (Å²) in [7, 11) is 0. The van der Waals surface area contributed by atoms with E-state index in [9.17, 15) is 5.21 Å². The van der Waals surface area contributed by atoms with Crippen LogP contribution in [0.15, 0.2) is 0 Å². The molecule has 0 amide bonds. The van der Waals surface area contributed by atoms with Crippen LogP contribution in [0.5, 0.6) is 0 Å². The first-order chi connectivity index (χ1) is 7.44. The summed E-state index contributed by atoms with van der Waals surface area (Å²) in [6.45, 7) is 8.25. The molecule has 1 radical (unpaired) electrons. The van der Waals surface area contributed by atoms with Gasteiger partial charge in [0.05, 0.1) is 13.2 Å². The van der Waals surface area contributed by atoms with Crippen LogP contribution in [0, 0.1) is 0 Å². The summed E-state index contributed by atoms with van der Waals surface area (Å²) in [4.78, 5) is 0. The van der Waals surface area contributed by atoms with E-state index in [0.717, 1.165) is 25.9 Å². The zero-order valence-corrected chi connectivity index (χ0v) is 10.5. The van der Waals surface area contributed by atoms with Crippen molar-refractivity contribution in [3.05, 3.63) is 0 Å². The number of rotatable bonds is 5. The van der Waals surface area contributed by atoms with Crippen LogP contribution in [0.2, 0.25) is 0 Å². The van der Waals surface area contributed by atoms with Crippen molar-refractivity contribution in [3.8, 4) is 0 Å². The lowest BCUT2D eigenvalue weighted by Gasteiger charge is -2.34. The molecule has 0 aromatic carbocycles. The third-order valence-corrected chi connectivity index (χ3v) is 3.81. The molecule has 2 fully saturated rings. The van der Waals surface area contributed by atoms with Crippen LogP contribution in [0.25, 0.3) is 0 Å². The van der Waals surface area contributed by atoms with Crippen molar-refractivity contribution < 1.29 is 14.7 Å². The maximum atomic E-state index is 12.1. The molecule has 2 aliphatic heterocycles. The summed E-state index contributed by atoms with van der Waals surface area (Å²) in [5, 5.41) is 13.4. The SMILES string of the molecule is CC1(C)CCC(C)(CCOCC2CO2)N1[O]. The smallest absolute Gasteiger partial charge is 0.104 e. The van der Waals surface area contributed by atoms with Crippen LogP contribution < -0.4 is 0 Å². The lowest BCUT2D eigenvalue weighted by Crippen LogP contribution is -2.47. The molecule has 93 valence electrons. The van der Waals surface area contributed by atoms with E-state index in [4.69, 9.17) is 9.47 Å². The Morgan fingerprint density at radius 2 is 2.06 bits per heavy atom. The maximum Gasteiger partial charge on any atom is 0.104 e. The molecule has 0 spiro atoms. The van der Waals surface area contributed by atoms with E-state index in [0.29, 0.717) is 19.3 Å². The molecule has 0 aliphatic carbocycles. The molecule has 2 atom stereocenters. The molecule has 2 saturated heterocycles. The second-order valence-corrected chi connectivity index (χ2v) is 5.88. The highest BCUT2D eigenvalue weighted by molar-refractivity contribution is 4.98. The summed E-state index contributed by atoms with van der Waals surface area (Å²) in [5.41, 5.74) is -0.456. The average molecular weight is 228 g/mol. The molecule has 4 heteroatoms. The van der Waals surface area contributed by atoms with Crippen molar-refractivity contribution in [2.75, 3.05) is 19.8 Å². The molecular formula is C12H22NO3. The molecular weight excluding hydrogens is 206 g/mol. The highest BCUT2D eigenvalue weighted by atomic mass is 16.6. The van der Waals surface area contributed by atoms with Crippen molar-refractivity contribution in [2.24, 2.45) is 0 Å². The first-order valence-electron chi connectivity index (χ1n) is 6.11. The summed E-state index contributed by atoms with van der Waals surface area (Å²) in [5.74, 6) is 0. The van der Waals surface area contributed by atoms with Crippen LogP contribution in [0.3, 0.4) is 0 Å². The minimum absolute atomic E-state index is 0.214. The molecule has 2 unspecified atom stereocenters. The molecule has 2 heterocycles. The van der Waals surface area contributed by atoms with Crippen molar-refractivity contribution in [3.63, 3.8) is 0 Å². The van der Waals surface area contributed by atoms with Crippen LogP contribution >= 0.6 is 0 Å². The van der Waals surface area contributed by atoms with E-state index in [-0.39, 0.29) is 11.1 Å². The van der Waals surface area contributed by atoms with Gasteiger partial charge in [-0.3, -0.25) is 0 Å². The zero-order chi connectivity index (χ0) is 11.8. The van der Waals surface area contributed by atoms with Gasteiger partial charge in [-0.15, -0.1) is 10.3 Å². The van der Waals surface area contributed by atoms with Gasteiger partial charge in [-0.1, -0.05) is 0 Å². The van der Waals surface area contributed by atoms with E-state index < -0.39 is 0 Å². The molecule has 0 aromatic heterocycles. The summed E-state index contributed by atoms with van der Waals surface area (Å²) < 4.78 is 10.6. The molecule has 2 aliphatic rings. The van der Waals surface area contributed by atoms with Gasteiger partial charge in [0.1, 0.15) is 6.10 Å². The van der Waals surface area contributed by atoms with Gasteiger partial charge in [-0.2, -0.15) is 0 Å². The fourth-order valence-corrected chi connectivity index (χ4v) is 2.41. The largest absolute Gasteiger partial charge is 0.379 e. The van der Waals surface area contributed by atoms with Crippen LogP contribution in [-0.2, 0) is 14.7 Å². The van der Waals surface area contributed by atoms with Gasteiger partial charge in [0, 0.05) is 17.7 Å². The molecule has 16 heavy (non-hydrogen) atoms. The number of ether oxygens (including phenoxy) is 2. The summed E-state index contributed by atoms with van der Waals surface area (Å²) in [6, 6.07) is 0. The van der Waals surface area contributed by atoms with Crippen molar-refractivity contribution in [1.82, 2.24) is 5.06 Å². The van der Waals surface area contributed by atoms with E-state index in [2.05, 4.69) is 0 Å². The highest BCUT2D eigenvalue weighted by Crippen LogP contribution is 2.41. The lowest BCUT2D eigenvalue weighted by molar-refractivity contribution is -0.252. The topological polar surface area (TPSA) is 44.9 Å². The fourth-order valence-electron chi connectivity index (χ4n) is 2.41. The molecule has 4 nitrogen and oxygen atoms in total. The molecule has 0 aromatic rings. The standard InChI is InChI=1S/C12H22NO3/c1-11(2)4-5-12(3,13(11)14)6-7-15-8-10-9-16-10/h10H,4-9H2,1-3H3. The van der Waals surface area contributed by atoms with Gasteiger partial charge in [0.2, 0.25) is 0 Å². The number of hydrogen-bond donors (Lipinski definition) is 0. The van der Waals surface area contributed by atoms with E-state index in [1.165, 1.54) is 5.06 Å². The Kier molecular flexibility index (Phi) is 3.27. The molecule has 0 N–H and O–H groups in total. The normalized spacial score (nSPS) is 37.9. The van der Waals surface area contributed by atoms with Gasteiger partial charge in [-0.25, -0.2) is 0 Å². The Bertz CT molecular complexity index is 253. The Labute approximate surface area is 97.5 Å². The van der Waals surface area contributed by atoms with E-state index >= 15 is 0 Å². The summed E-state index contributed by atoms with van der Waals surface area (Å²) >= 11 is 0. The molecule has 0 saturated carbocycles. The van der Waals surface area contributed by atoms with Crippen molar-refractivity contribution >= 4 is 0 Å². The predicted octanol–water partition coefficient (Wildman–Crippen LogP) is 1.77. The maximum absolute atomic E-state index is 12.1. The minimum Gasteiger partial charge on any atom is -0.379 e. The quantitative estimate of drug-likeness (QED) is 0.532. The third-order valence-electron chi connectivity index (χ3n) is 3.81. The van der Waals surface area contributed by atoms with E-state index in [1.54, 1.807) is 0 Å². The second-order valence-electron chi connectivity index (χ2n) is 5.88. The van der Waals surface area contributed by atoms with Crippen molar-refractivity contribution in [2.45, 2.75) is 57.2 Å². The third kappa shape index (κ3) is 2.56. The Hall–Kier alpha value is -0.160. The minimum atomic E-state index is -0.242. The highest BCUT2D eigenvalue weighted by Gasteiger charge is 2.47. The first kappa shape index (κ1) is 12.3. The van der Waals surface area contributed by atoms with Gasteiger partial charge >= 0.3 is 0 Å². The second kappa shape index (κ2) is 4.26. The number of hydrogen-bond acceptors (Lipinski definition) is 3. The van der Waals surface area contributed by atoms with Gasteiger partial charge in [0.15, 0.2) is 0 Å². The predicted molar refractivity (Wildman–Crippen MR) is 59.4 cm³/mol. The van der Waals surface area contributed by atoms with Crippen LogP contribution in [0.4, 0.5) is 0 Å². The van der Waals surface area contributed by atoms with Gasteiger partial charge < -0.3 is 9.47 Å². The van der Waals surface area contributed by atoms with E-state index in [1.807, 2.05) is 20.8 Å². The van der Waals surface area contributed by atoms with Crippen LogP contribution in [-0.4, -0.2) is 42.1 Å². The Balaban J connectivity index is 1.74. The van der Waals surface area contributed by atoms with Crippen LogP contribution in [0.1, 0.15) is 40.0 Å². The summed E-state index contributed by atoms with van der Waals surface area (Å²) in [6.07, 6.45) is 3.06. The van der Waals surface area contributed by atoms with Gasteiger partial charge in [0.25, 0.3) is 0 Å². The first-order valence-corrected chi connectivity index (χ1v) is 6.11. The van der Waals surface area contributed by atoms with Crippen molar-refractivity contribution in [1.29, 1.82) is 0 Å². The zero-order valence-electron chi connectivity index (χ0n) is 10.5. The molecule has 0 bridgehead atoms.